The largest absolute Gasteiger partial charge is 0.454 e. The number of rotatable bonds is 6. The lowest BCUT2D eigenvalue weighted by atomic mass is 9.81. The average Bonchev–Trinajstić information content (AvgIpc) is 2.93. The van der Waals surface area contributed by atoms with E-state index in [1.165, 1.54) is 18.2 Å². The summed E-state index contributed by atoms with van der Waals surface area (Å²) in [5.41, 5.74) is 0.729. The Balaban J connectivity index is 1.50. The van der Waals surface area contributed by atoms with Gasteiger partial charge < -0.3 is 10.1 Å². The van der Waals surface area contributed by atoms with Crippen molar-refractivity contribution in [3.8, 4) is 0 Å². The Morgan fingerprint density at radius 3 is 2.38 bits per heavy atom. The maximum Gasteiger partial charge on any atom is 0.326 e. The first-order valence-corrected chi connectivity index (χ1v) is 9.33. The molecule has 1 saturated heterocycles. The van der Waals surface area contributed by atoms with Gasteiger partial charge in [0.1, 0.15) is 6.54 Å². The van der Waals surface area contributed by atoms with E-state index in [1.54, 1.807) is 6.92 Å². The molecule has 1 N–H and O–H groups in total. The van der Waals surface area contributed by atoms with Gasteiger partial charge in [-0.25, -0.2) is 0 Å². The lowest BCUT2D eigenvalue weighted by molar-refractivity contribution is -0.384. The van der Waals surface area contributed by atoms with Crippen molar-refractivity contribution < 1.29 is 28.8 Å². The van der Waals surface area contributed by atoms with Crippen molar-refractivity contribution in [3.05, 3.63) is 33.9 Å². The molecule has 3 amide bonds. The number of esters is 1. The standard InChI is InChI=1S/C19H21N3O7/c1-11-8-12(22(27)28)6-7-15(11)20-16(23)10-29-17(24)9-21-18(25)13-4-2-3-5-14(13)19(21)26/h6-8,13-14H,2-5,9-10H2,1H3,(H,20,23)/t13-,14-/m1/s1. The molecule has 29 heavy (non-hydrogen) atoms. The Hall–Kier alpha value is -3.30. The molecule has 0 unspecified atom stereocenters. The Morgan fingerprint density at radius 1 is 1.21 bits per heavy atom. The van der Waals surface area contributed by atoms with Gasteiger partial charge in [0.15, 0.2) is 6.61 Å². The van der Waals surface area contributed by atoms with Gasteiger partial charge in [-0.15, -0.1) is 0 Å². The SMILES string of the molecule is Cc1cc([N+](=O)[O-])ccc1NC(=O)COC(=O)CN1C(=O)[C@@H]2CCCC[C@H]2C1=O. The predicted molar refractivity (Wildman–Crippen MR) is 99.6 cm³/mol. The van der Waals surface area contributed by atoms with E-state index in [4.69, 9.17) is 4.74 Å². The minimum atomic E-state index is -0.846. The molecule has 0 radical (unpaired) electrons. The molecule has 0 bridgehead atoms. The third-order valence-corrected chi connectivity index (χ3v) is 5.28. The predicted octanol–water partition coefficient (Wildman–Crippen LogP) is 1.56. The molecule has 1 aromatic carbocycles. The van der Waals surface area contributed by atoms with Crippen LogP contribution in [0.5, 0.6) is 0 Å². The molecule has 1 saturated carbocycles. The molecule has 154 valence electrons. The van der Waals surface area contributed by atoms with Crippen LogP contribution in [0.15, 0.2) is 18.2 Å². The van der Waals surface area contributed by atoms with Gasteiger partial charge in [0.25, 0.3) is 11.6 Å². The van der Waals surface area contributed by atoms with Gasteiger partial charge in [-0.05, 0) is 31.4 Å². The molecular weight excluding hydrogens is 382 g/mol. The van der Waals surface area contributed by atoms with Crippen LogP contribution in [0.1, 0.15) is 31.2 Å². The van der Waals surface area contributed by atoms with Crippen molar-refractivity contribution in [2.75, 3.05) is 18.5 Å². The molecule has 1 aliphatic heterocycles. The Labute approximate surface area is 166 Å². The Morgan fingerprint density at radius 2 is 1.83 bits per heavy atom. The maximum atomic E-state index is 12.3. The highest BCUT2D eigenvalue weighted by Crippen LogP contribution is 2.37. The van der Waals surface area contributed by atoms with Crippen molar-refractivity contribution in [2.24, 2.45) is 11.8 Å². The van der Waals surface area contributed by atoms with Gasteiger partial charge >= 0.3 is 5.97 Å². The fourth-order valence-corrected chi connectivity index (χ4v) is 3.80. The zero-order valence-corrected chi connectivity index (χ0v) is 15.9. The topological polar surface area (TPSA) is 136 Å². The van der Waals surface area contributed by atoms with Gasteiger partial charge in [-0.2, -0.15) is 0 Å². The number of nitro benzene ring substituents is 1. The first kappa shape index (κ1) is 20.4. The summed E-state index contributed by atoms with van der Waals surface area (Å²) in [5.74, 6) is -2.87. The summed E-state index contributed by atoms with van der Waals surface area (Å²) in [6.07, 6.45) is 3.08. The zero-order chi connectivity index (χ0) is 21.1. The minimum Gasteiger partial charge on any atom is -0.454 e. The highest BCUT2D eigenvalue weighted by molar-refractivity contribution is 6.07. The number of aryl methyl sites for hydroxylation is 1. The molecular formula is C19H21N3O7. The zero-order valence-electron chi connectivity index (χ0n) is 15.9. The number of carbonyl (C=O) groups is 4. The van der Waals surface area contributed by atoms with Crippen LogP contribution < -0.4 is 5.32 Å². The van der Waals surface area contributed by atoms with Crippen molar-refractivity contribution in [3.63, 3.8) is 0 Å². The second-order valence-electron chi connectivity index (χ2n) is 7.23. The lowest BCUT2D eigenvalue weighted by Gasteiger charge is -2.19. The number of hydrogen-bond acceptors (Lipinski definition) is 7. The van der Waals surface area contributed by atoms with Crippen molar-refractivity contribution in [1.82, 2.24) is 4.90 Å². The van der Waals surface area contributed by atoms with Crippen LogP contribution in [-0.4, -0.2) is 46.7 Å². The second-order valence-corrected chi connectivity index (χ2v) is 7.23. The monoisotopic (exact) mass is 403 g/mol. The summed E-state index contributed by atoms with van der Waals surface area (Å²) in [7, 11) is 0. The number of benzene rings is 1. The molecule has 2 fully saturated rings. The normalized spacial score (nSPS) is 20.9. The van der Waals surface area contributed by atoms with Gasteiger partial charge in [0, 0.05) is 17.8 Å². The Bertz CT molecular complexity index is 859. The van der Waals surface area contributed by atoms with Gasteiger partial charge in [-0.3, -0.25) is 34.2 Å². The molecule has 1 aromatic rings. The summed E-state index contributed by atoms with van der Waals surface area (Å²) >= 11 is 0. The number of hydrogen-bond donors (Lipinski definition) is 1. The number of imide groups is 1. The molecule has 10 heteroatoms. The fourth-order valence-electron chi connectivity index (χ4n) is 3.80. The fraction of sp³-hybridized carbons (Fsp3) is 0.474. The first-order chi connectivity index (χ1) is 13.8. The number of ether oxygens (including phenoxy) is 1. The number of fused-ring (bicyclic) bond motifs is 1. The van der Waals surface area contributed by atoms with Crippen molar-refractivity contribution in [2.45, 2.75) is 32.6 Å². The van der Waals surface area contributed by atoms with Crippen LogP contribution in [-0.2, 0) is 23.9 Å². The molecule has 2 atom stereocenters. The maximum absolute atomic E-state index is 12.3. The summed E-state index contributed by atoms with van der Waals surface area (Å²) in [4.78, 5) is 59.8. The number of nitrogens with zero attached hydrogens (tertiary/aromatic N) is 2. The van der Waals surface area contributed by atoms with E-state index in [2.05, 4.69) is 5.32 Å². The summed E-state index contributed by atoms with van der Waals surface area (Å²) in [5, 5.41) is 13.2. The number of nitrogens with one attached hydrogen (secondary N) is 1. The molecule has 1 aliphatic carbocycles. The highest BCUT2D eigenvalue weighted by Gasteiger charge is 2.48. The molecule has 2 aliphatic rings. The van der Waals surface area contributed by atoms with Crippen LogP contribution in [0, 0.1) is 28.9 Å². The van der Waals surface area contributed by atoms with E-state index < -0.39 is 30.0 Å². The number of likely N-dealkylation sites (tertiary alicyclic amines) is 1. The minimum absolute atomic E-state index is 0.104. The third-order valence-electron chi connectivity index (χ3n) is 5.28. The van der Waals surface area contributed by atoms with Gasteiger partial charge in [-0.1, -0.05) is 12.8 Å². The summed E-state index contributed by atoms with van der Waals surface area (Å²) in [6.45, 7) is 0.492. The van der Waals surface area contributed by atoms with E-state index in [1.807, 2.05) is 0 Å². The smallest absolute Gasteiger partial charge is 0.326 e. The van der Waals surface area contributed by atoms with Crippen LogP contribution >= 0.6 is 0 Å². The summed E-state index contributed by atoms with van der Waals surface area (Å²) in [6, 6.07) is 3.95. The highest BCUT2D eigenvalue weighted by atomic mass is 16.6. The van der Waals surface area contributed by atoms with Crippen molar-refractivity contribution >= 4 is 35.1 Å². The van der Waals surface area contributed by atoms with E-state index in [0.29, 0.717) is 24.1 Å². The van der Waals surface area contributed by atoms with Crippen LogP contribution in [0.4, 0.5) is 11.4 Å². The number of anilines is 1. The molecule has 0 aromatic heterocycles. The molecule has 0 spiro atoms. The number of carbonyl (C=O) groups excluding carboxylic acids is 4. The third kappa shape index (κ3) is 4.41. The van der Waals surface area contributed by atoms with E-state index in [9.17, 15) is 29.3 Å². The van der Waals surface area contributed by atoms with Crippen LogP contribution in [0.3, 0.4) is 0 Å². The van der Waals surface area contributed by atoms with E-state index >= 15 is 0 Å². The number of nitro groups is 1. The van der Waals surface area contributed by atoms with Gasteiger partial charge in [0.2, 0.25) is 11.8 Å². The van der Waals surface area contributed by atoms with Crippen LogP contribution in [0.2, 0.25) is 0 Å². The van der Waals surface area contributed by atoms with Gasteiger partial charge in [0.05, 0.1) is 16.8 Å². The molecule has 3 rings (SSSR count). The molecule has 10 nitrogen and oxygen atoms in total. The number of amides is 3. The number of non-ortho nitro benzene ring substituents is 1. The first-order valence-electron chi connectivity index (χ1n) is 9.33. The molecule has 1 heterocycles. The lowest BCUT2D eigenvalue weighted by Crippen LogP contribution is -2.37. The van der Waals surface area contributed by atoms with E-state index in [-0.39, 0.29) is 29.3 Å². The van der Waals surface area contributed by atoms with Crippen LogP contribution in [0.25, 0.3) is 0 Å². The quantitative estimate of drug-likeness (QED) is 0.329. The van der Waals surface area contributed by atoms with E-state index in [0.717, 1.165) is 17.7 Å². The second kappa shape index (κ2) is 8.38. The summed E-state index contributed by atoms with van der Waals surface area (Å²) < 4.78 is 4.88. The Kier molecular flexibility index (Phi) is 5.90. The van der Waals surface area contributed by atoms with Crippen molar-refractivity contribution in [1.29, 1.82) is 0 Å². The average molecular weight is 403 g/mol.